The van der Waals surface area contributed by atoms with Crippen molar-refractivity contribution in [2.75, 3.05) is 26.2 Å². The maximum absolute atomic E-state index is 7.02. The summed E-state index contributed by atoms with van der Waals surface area (Å²) < 4.78 is 32.6. The van der Waals surface area contributed by atoms with Gasteiger partial charge in [-0.05, 0) is 0 Å². The van der Waals surface area contributed by atoms with Crippen molar-refractivity contribution in [3.63, 3.8) is 0 Å². The fourth-order valence-electron chi connectivity index (χ4n) is 0.288. The highest BCUT2D eigenvalue weighted by Crippen LogP contribution is 1.76. The molecule has 2 heteroatoms. The zero-order chi connectivity index (χ0) is 7.83. The van der Waals surface area contributed by atoms with E-state index in [1.165, 1.54) is 0 Å². The quantitative estimate of drug-likeness (QED) is 0.438. The molecule has 0 aromatic rings. The number of morpholine rings is 1. The zero-order valence-electron chi connectivity index (χ0n) is 7.32. The number of hydrogen-bond acceptors (Lipinski definition) is 2. The number of ether oxygens (including phenoxy) is 1. The van der Waals surface area contributed by atoms with Gasteiger partial charge in [-0.3, -0.25) is 0 Å². The van der Waals surface area contributed by atoms with Crippen LogP contribution in [-0.2, 0) is 4.74 Å². The van der Waals surface area contributed by atoms with Gasteiger partial charge in [-0.25, -0.2) is 0 Å². The maximum atomic E-state index is 7.02. The zero-order valence-corrected chi connectivity index (χ0v) is 3.32. The van der Waals surface area contributed by atoms with Gasteiger partial charge in [0.15, 0.2) is 0 Å². The molecule has 0 aromatic heterocycles. The number of rotatable bonds is 0. The molecule has 1 heterocycles. The van der Waals surface area contributed by atoms with Gasteiger partial charge < -0.3 is 10.1 Å². The van der Waals surface area contributed by atoms with Crippen molar-refractivity contribution in [3.8, 4) is 0 Å². The second-order valence-corrected chi connectivity index (χ2v) is 0.994. The smallest absolute Gasteiger partial charge is 0.0591 e. The van der Waals surface area contributed by atoms with Gasteiger partial charge in [0.1, 0.15) is 0 Å². The predicted octanol–water partition coefficient (Wildman–Crippen LogP) is -0.394. The Balaban J connectivity index is 2.56. The molecule has 0 amide bonds. The van der Waals surface area contributed by atoms with Crippen molar-refractivity contribution in [2.45, 2.75) is 0 Å². The van der Waals surface area contributed by atoms with Gasteiger partial charge in [0, 0.05) is 13.1 Å². The molecule has 1 saturated heterocycles. The summed E-state index contributed by atoms with van der Waals surface area (Å²) in [6.07, 6.45) is 0. The average molecular weight is 91.1 g/mol. The maximum Gasteiger partial charge on any atom is 0.0591 e. The van der Waals surface area contributed by atoms with E-state index >= 15 is 0 Å². The van der Waals surface area contributed by atoms with Crippen molar-refractivity contribution in [3.05, 3.63) is 0 Å². The first-order valence-corrected chi connectivity index (χ1v) is 1.82. The lowest BCUT2D eigenvalue weighted by Gasteiger charge is -2.10. The van der Waals surface area contributed by atoms with Gasteiger partial charge in [0.25, 0.3) is 0 Å². The topological polar surface area (TPSA) is 21.3 Å². The molecule has 1 aliphatic rings. The third kappa shape index (κ3) is 0.954. The van der Waals surface area contributed by atoms with Gasteiger partial charge in [-0.15, -0.1) is 0 Å². The van der Waals surface area contributed by atoms with E-state index in [9.17, 15) is 0 Å². The Bertz CT molecular complexity index is 123. The second kappa shape index (κ2) is 2.16. The van der Waals surface area contributed by atoms with E-state index in [4.69, 9.17) is 5.48 Å². The fraction of sp³-hybridized carbons (Fsp3) is 1.00. The molecule has 1 rings (SSSR count). The Kier molecular flexibility index (Phi) is 0.524. The molecule has 1 N–H and O–H groups in total. The Morgan fingerprint density at radius 2 is 2.17 bits per heavy atom. The minimum Gasteiger partial charge on any atom is -0.379 e. The first-order valence-electron chi connectivity index (χ1n) is 3.82. The first kappa shape index (κ1) is 1.46. The highest BCUT2D eigenvalue weighted by Gasteiger charge is 1.92. The Labute approximate surface area is 43.1 Å². The molecule has 0 aromatic carbocycles. The molecule has 0 radical (unpaired) electrons. The Morgan fingerprint density at radius 1 is 1.50 bits per heavy atom. The van der Waals surface area contributed by atoms with E-state index in [2.05, 4.69) is 10.1 Å². The summed E-state index contributed by atoms with van der Waals surface area (Å²) >= 11 is 0. The van der Waals surface area contributed by atoms with E-state index in [-0.39, 0.29) is 13.1 Å². The minimum absolute atomic E-state index is 0.0481. The molecule has 2 nitrogen and oxygen atoms in total. The number of nitrogens with one attached hydrogen (secondary N) is 1. The molecule has 1 fully saturated rings. The van der Waals surface area contributed by atoms with Crippen molar-refractivity contribution in [1.82, 2.24) is 5.32 Å². The van der Waals surface area contributed by atoms with Crippen molar-refractivity contribution in [1.29, 1.82) is 0 Å². The molecule has 0 spiro atoms. The van der Waals surface area contributed by atoms with Crippen molar-refractivity contribution in [2.24, 2.45) is 0 Å². The lowest BCUT2D eigenvalue weighted by Crippen LogP contribution is -2.30. The molecule has 0 aliphatic carbocycles. The van der Waals surface area contributed by atoms with Crippen LogP contribution < -0.4 is 5.32 Å². The second-order valence-electron chi connectivity index (χ2n) is 0.994. The first-order chi connectivity index (χ1) is 4.41. The molecular formula is C4H9NO. The van der Waals surface area contributed by atoms with Gasteiger partial charge in [-0.2, -0.15) is 0 Å². The summed E-state index contributed by atoms with van der Waals surface area (Å²) in [5, 5.41) is 2.59. The lowest BCUT2D eigenvalue weighted by atomic mass is 10.5. The number of hydrogen-bond donors (Lipinski definition) is 1. The van der Waals surface area contributed by atoms with Crippen LogP contribution in [0.5, 0.6) is 0 Å². The summed E-state index contributed by atoms with van der Waals surface area (Å²) in [7, 11) is 0. The van der Waals surface area contributed by atoms with Gasteiger partial charge in [0.2, 0.25) is 0 Å². The van der Waals surface area contributed by atoms with Crippen LogP contribution >= 0.6 is 0 Å². The Hall–Kier alpha value is -0.0800. The van der Waals surface area contributed by atoms with Crippen LogP contribution in [0.4, 0.5) is 0 Å². The van der Waals surface area contributed by atoms with E-state index in [1.807, 2.05) is 0 Å². The minimum atomic E-state index is -1.87. The lowest BCUT2D eigenvalue weighted by molar-refractivity contribution is 0.109. The fourth-order valence-corrected chi connectivity index (χ4v) is 0.288. The van der Waals surface area contributed by atoms with Crippen molar-refractivity contribution < 1.29 is 10.2 Å². The largest absolute Gasteiger partial charge is 0.379 e. The third-order valence-electron chi connectivity index (χ3n) is 0.539. The van der Waals surface area contributed by atoms with Crippen LogP contribution in [0, 0.1) is 0 Å². The van der Waals surface area contributed by atoms with Crippen LogP contribution in [0.2, 0.25) is 0 Å². The predicted molar refractivity (Wildman–Crippen MR) is 23.7 cm³/mol. The molecule has 0 atom stereocenters. The van der Waals surface area contributed by atoms with E-state index in [0.29, 0.717) is 0 Å². The highest BCUT2D eigenvalue weighted by atomic mass is 16.5. The third-order valence-corrected chi connectivity index (χ3v) is 0.539. The van der Waals surface area contributed by atoms with Crippen molar-refractivity contribution >= 4 is 0 Å². The summed E-state index contributed by atoms with van der Waals surface area (Å²) in [6.45, 7) is -3.65. The highest BCUT2D eigenvalue weighted by molar-refractivity contribution is 4.49. The standard InChI is InChI=1S/C4H9NO/c1-3-6-4-2-5-1/h5H,1-4H2/i3D2,4D2. The van der Waals surface area contributed by atoms with Gasteiger partial charge in [0.05, 0.1) is 18.6 Å². The average Bonchev–Trinajstić information content (AvgIpc) is 1.56. The molecule has 36 valence electrons. The van der Waals surface area contributed by atoms with Gasteiger partial charge in [-0.1, -0.05) is 0 Å². The van der Waals surface area contributed by atoms with Crippen LogP contribution in [-0.4, -0.2) is 26.2 Å². The summed E-state index contributed by atoms with van der Waals surface area (Å²) in [6, 6.07) is 0. The Morgan fingerprint density at radius 3 is 2.50 bits per heavy atom. The molecule has 6 heavy (non-hydrogen) atoms. The molecular weight excluding hydrogens is 78.0 g/mol. The molecule has 1 aliphatic heterocycles. The van der Waals surface area contributed by atoms with Crippen LogP contribution in [0.15, 0.2) is 0 Å². The van der Waals surface area contributed by atoms with E-state index in [0.717, 1.165) is 0 Å². The summed E-state index contributed by atoms with van der Waals surface area (Å²) in [4.78, 5) is 0. The monoisotopic (exact) mass is 91.1 g/mol. The molecule has 0 unspecified atom stereocenters. The van der Waals surface area contributed by atoms with Crippen LogP contribution in [0.1, 0.15) is 5.48 Å². The molecule has 0 bridgehead atoms. The molecule has 0 saturated carbocycles. The summed E-state index contributed by atoms with van der Waals surface area (Å²) in [5.74, 6) is 0. The SMILES string of the molecule is [2H]C1([2H])CNCC([2H])([2H])O1. The van der Waals surface area contributed by atoms with Crippen LogP contribution in [0.25, 0.3) is 0 Å². The summed E-state index contributed by atoms with van der Waals surface area (Å²) in [5.41, 5.74) is 0. The van der Waals surface area contributed by atoms with E-state index < -0.39 is 13.1 Å². The van der Waals surface area contributed by atoms with E-state index in [1.54, 1.807) is 0 Å². The van der Waals surface area contributed by atoms with Crippen LogP contribution in [0.3, 0.4) is 0 Å². The van der Waals surface area contributed by atoms with Gasteiger partial charge >= 0.3 is 0 Å². The normalized spacial score (nSPS) is 50.7.